The largest absolute Gasteiger partial charge is 0.435 e. The molecular weight excluding hydrogens is 549 g/mol. The number of halogens is 3. The topological polar surface area (TPSA) is 102 Å². The van der Waals surface area contributed by atoms with Crippen LogP contribution in [0.5, 0.6) is 0 Å². The van der Waals surface area contributed by atoms with E-state index in [1.165, 1.54) is 10.7 Å². The normalized spacial score (nSPS) is 17.2. The summed E-state index contributed by atoms with van der Waals surface area (Å²) in [6, 6.07) is 16.8. The van der Waals surface area contributed by atoms with Gasteiger partial charge in [0.2, 0.25) is 0 Å². The molecule has 1 aliphatic rings. The molecule has 42 heavy (non-hydrogen) atoms. The summed E-state index contributed by atoms with van der Waals surface area (Å²) in [5, 5.41) is 7.28. The number of alkyl halides is 3. The van der Waals surface area contributed by atoms with Crippen LogP contribution in [0.1, 0.15) is 46.8 Å². The average Bonchev–Trinajstić information content (AvgIpc) is 3.67. The Balaban J connectivity index is 1.34. The zero-order valence-electron chi connectivity index (χ0n) is 22.8. The van der Waals surface area contributed by atoms with Gasteiger partial charge in [0.1, 0.15) is 11.4 Å². The summed E-state index contributed by atoms with van der Waals surface area (Å²) in [6.45, 7) is 4.35. The van der Waals surface area contributed by atoms with Crippen molar-refractivity contribution < 1.29 is 18.0 Å². The minimum absolute atomic E-state index is 0.0429. The summed E-state index contributed by atoms with van der Waals surface area (Å²) in [4.78, 5) is 37.2. The Kier molecular flexibility index (Phi) is 6.79. The third-order valence-electron chi connectivity index (χ3n) is 7.52. The van der Waals surface area contributed by atoms with Crippen LogP contribution in [0.3, 0.4) is 0 Å². The summed E-state index contributed by atoms with van der Waals surface area (Å²) in [7, 11) is 0. The number of anilines is 1. The fraction of sp³-hybridized carbons (Fsp3) is 0.276. The number of aromatic nitrogens is 6. The van der Waals surface area contributed by atoms with Crippen molar-refractivity contribution in [2.75, 3.05) is 11.4 Å². The predicted molar refractivity (Wildman–Crippen MR) is 149 cm³/mol. The predicted octanol–water partition coefficient (Wildman–Crippen LogP) is 4.17. The number of pyridine rings is 1. The molecule has 0 spiro atoms. The van der Waals surface area contributed by atoms with Gasteiger partial charge in [0, 0.05) is 25.3 Å². The maximum atomic E-state index is 13.6. The Bertz CT molecular complexity index is 1810. The highest BCUT2D eigenvalue weighted by molar-refractivity contribution is 5.95. The van der Waals surface area contributed by atoms with Crippen LogP contribution in [0.4, 0.5) is 19.0 Å². The van der Waals surface area contributed by atoms with Gasteiger partial charge >= 0.3 is 6.18 Å². The highest BCUT2D eigenvalue weighted by Crippen LogP contribution is 2.36. The molecule has 13 heteroatoms. The number of imidazole rings is 1. The van der Waals surface area contributed by atoms with Crippen LogP contribution in [-0.2, 0) is 12.7 Å². The summed E-state index contributed by atoms with van der Waals surface area (Å²) < 4.78 is 44.8. The lowest BCUT2D eigenvalue weighted by molar-refractivity contribution is -0.142. The zero-order valence-corrected chi connectivity index (χ0v) is 22.8. The first kappa shape index (κ1) is 27.2. The molecule has 216 valence electrons. The number of rotatable bonds is 6. The van der Waals surface area contributed by atoms with Crippen molar-refractivity contribution in [2.45, 2.75) is 45.1 Å². The lowest BCUT2D eigenvalue weighted by atomic mass is 10.1. The van der Waals surface area contributed by atoms with Gasteiger partial charge in [-0.1, -0.05) is 24.3 Å². The van der Waals surface area contributed by atoms with Crippen molar-refractivity contribution in [3.05, 3.63) is 106 Å². The summed E-state index contributed by atoms with van der Waals surface area (Å²) >= 11 is 0. The van der Waals surface area contributed by atoms with Crippen molar-refractivity contribution in [1.82, 2.24) is 34.3 Å². The van der Waals surface area contributed by atoms with Crippen LogP contribution in [0.15, 0.2) is 77.9 Å². The van der Waals surface area contributed by atoms with E-state index >= 15 is 0 Å². The van der Waals surface area contributed by atoms with E-state index in [-0.39, 0.29) is 29.6 Å². The minimum atomic E-state index is -4.63. The van der Waals surface area contributed by atoms with E-state index in [0.29, 0.717) is 30.0 Å². The molecule has 1 amide bonds. The SMILES string of the molecule is CCn1c(C)c(C(=O)N[C@H]2C[C@H](c3ccccn3)N(c3ccc4ncc(C(F)(F)F)n4n3)C2)c(=O)n1-c1ccccc1. The average molecular weight is 577 g/mol. The molecule has 5 heterocycles. The molecule has 4 aromatic heterocycles. The summed E-state index contributed by atoms with van der Waals surface area (Å²) in [6.07, 6.45) is -1.84. The van der Waals surface area contributed by atoms with Crippen LogP contribution in [0.25, 0.3) is 11.3 Å². The van der Waals surface area contributed by atoms with Crippen LogP contribution >= 0.6 is 0 Å². The standard InChI is InChI=1S/C29H27F3N8O2/c1-3-38-18(2)26(28(42)40(38)20-9-5-4-6-10-20)27(41)35-19-15-22(21-11-7-8-14-33-21)37(17-19)25-13-12-24-34-16-23(29(30,31)32)39(24)36-25/h4-14,16,19,22H,3,15,17H2,1-2H3,(H,35,41)/t19-,22+/m0/s1. The third kappa shape index (κ3) is 4.70. The Morgan fingerprint density at radius 1 is 1.05 bits per heavy atom. The number of hydrogen-bond acceptors (Lipinski definition) is 6. The van der Waals surface area contributed by atoms with Gasteiger partial charge in [-0.3, -0.25) is 19.3 Å². The number of benzene rings is 1. The molecule has 1 aromatic carbocycles. The summed E-state index contributed by atoms with van der Waals surface area (Å²) in [5.41, 5.74) is 0.554. The molecule has 2 atom stereocenters. The lowest BCUT2D eigenvalue weighted by Crippen LogP contribution is -2.39. The minimum Gasteiger partial charge on any atom is -0.347 e. The Labute approximate surface area is 238 Å². The quantitative estimate of drug-likeness (QED) is 0.326. The second kappa shape index (κ2) is 10.5. The molecule has 0 unspecified atom stereocenters. The maximum absolute atomic E-state index is 13.6. The number of amides is 1. The van der Waals surface area contributed by atoms with Crippen molar-refractivity contribution in [3.8, 4) is 5.69 Å². The monoisotopic (exact) mass is 576 g/mol. The highest BCUT2D eigenvalue weighted by Gasteiger charge is 2.38. The van der Waals surface area contributed by atoms with Gasteiger partial charge in [0.05, 0.1) is 29.3 Å². The number of nitrogens with zero attached hydrogens (tertiary/aromatic N) is 7. The number of carbonyl (C=O) groups is 1. The smallest absolute Gasteiger partial charge is 0.347 e. The second-order valence-corrected chi connectivity index (χ2v) is 10.1. The van der Waals surface area contributed by atoms with E-state index in [1.54, 1.807) is 42.1 Å². The van der Waals surface area contributed by atoms with Crippen molar-refractivity contribution >= 4 is 17.4 Å². The zero-order chi connectivity index (χ0) is 29.6. The van der Waals surface area contributed by atoms with E-state index in [2.05, 4.69) is 20.4 Å². The fourth-order valence-electron chi connectivity index (χ4n) is 5.63. The van der Waals surface area contributed by atoms with E-state index < -0.39 is 29.4 Å². The van der Waals surface area contributed by atoms with Crippen LogP contribution in [-0.4, -0.2) is 47.4 Å². The first-order chi connectivity index (χ1) is 20.2. The van der Waals surface area contributed by atoms with Crippen LogP contribution < -0.4 is 15.8 Å². The highest BCUT2D eigenvalue weighted by atomic mass is 19.4. The fourth-order valence-corrected chi connectivity index (χ4v) is 5.63. The Morgan fingerprint density at radius 3 is 2.50 bits per heavy atom. The number of fused-ring (bicyclic) bond motifs is 1. The number of hydrogen-bond donors (Lipinski definition) is 1. The van der Waals surface area contributed by atoms with Gasteiger partial charge in [-0.25, -0.2) is 14.2 Å². The molecule has 1 fully saturated rings. The Hall–Kier alpha value is -4.94. The molecule has 5 aromatic rings. The molecule has 0 aliphatic carbocycles. The van der Waals surface area contributed by atoms with E-state index in [9.17, 15) is 22.8 Å². The van der Waals surface area contributed by atoms with Gasteiger partial charge in [-0.15, -0.1) is 5.10 Å². The number of para-hydroxylation sites is 1. The van der Waals surface area contributed by atoms with Gasteiger partial charge in [-0.2, -0.15) is 13.2 Å². The van der Waals surface area contributed by atoms with Crippen LogP contribution in [0.2, 0.25) is 0 Å². The maximum Gasteiger partial charge on any atom is 0.435 e. The third-order valence-corrected chi connectivity index (χ3v) is 7.52. The van der Waals surface area contributed by atoms with Crippen molar-refractivity contribution in [1.29, 1.82) is 0 Å². The first-order valence-electron chi connectivity index (χ1n) is 13.5. The van der Waals surface area contributed by atoms with E-state index in [0.717, 1.165) is 10.7 Å². The summed E-state index contributed by atoms with van der Waals surface area (Å²) in [5.74, 6) is -0.239. The van der Waals surface area contributed by atoms with Gasteiger partial charge in [-0.05, 0) is 56.7 Å². The molecule has 0 radical (unpaired) electrons. The van der Waals surface area contributed by atoms with Crippen molar-refractivity contribution in [2.24, 2.45) is 0 Å². The number of carbonyl (C=O) groups excluding carboxylic acids is 1. The van der Waals surface area contributed by atoms with Crippen molar-refractivity contribution in [3.63, 3.8) is 0 Å². The van der Waals surface area contributed by atoms with Crippen LogP contribution in [0, 0.1) is 6.92 Å². The Morgan fingerprint density at radius 2 is 1.81 bits per heavy atom. The van der Waals surface area contributed by atoms with Gasteiger partial charge in [0.15, 0.2) is 11.3 Å². The molecule has 0 saturated carbocycles. The molecule has 1 N–H and O–H groups in total. The van der Waals surface area contributed by atoms with Gasteiger partial charge in [0.25, 0.3) is 11.5 Å². The second-order valence-electron chi connectivity index (χ2n) is 10.1. The molecule has 6 rings (SSSR count). The first-order valence-corrected chi connectivity index (χ1v) is 13.5. The van der Waals surface area contributed by atoms with E-state index in [1.807, 2.05) is 42.2 Å². The molecular formula is C29H27F3N8O2. The molecule has 10 nitrogen and oxygen atoms in total. The van der Waals surface area contributed by atoms with E-state index in [4.69, 9.17) is 0 Å². The van der Waals surface area contributed by atoms with Gasteiger partial charge < -0.3 is 10.2 Å². The lowest BCUT2D eigenvalue weighted by Gasteiger charge is -2.25. The molecule has 0 bridgehead atoms. The number of nitrogens with one attached hydrogen (secondary N) is 1. The molecule has 1 aliphatic heterocycles. The molecule has 1 saturated heterocycles.